The zero-order valence-corrected chi connectivity index (χ0v) is 16.4. The van der Waals surface area contributed by atoms with Crippen LogP contribution in [0.5, 0.6) is 17.2 Å². The molecule has 1 heterocycles. The third kappa shape index (κ3) is 5.97. The molecule has 152 valence electrons. The second-order valence-corrected chi connectivity index (χ2v) is 6.15. The van der Waals surface area contributed by atoms with Gasteiger partial charge in [0, 0.05) is 12.0 Å². The zero-order chi connectivity index (χ0) is 20.5. The Morgan fingerprint density at radius 2 is 1.79 bits per heavy atom. The lowest BCUT2D eigenvalue weighted by atomic mass is 10.2. The summed E-state index contributed by atoms with van der Waals surface area (Å²) in [6, 6.07) is 14.7. The lowest BCUT2D eigenvalue weighted by molar-refractivity contribution is -0.121. The molecule has 1 aromatic heterocycles. The van der Waals surface area contributed by atoms with Gasteiger partial charge in [0.05, 0.1) is 27.4 Å². The fraction of sp³-hybridized carbons (Fsp3) is 0.286. The number of ether oxygens (including phenoxy) is 3. The summed E-state index contributed by atoms with van der Waals surface area (Å²) < 4.78 is 21.1. The van der Waals surface area contributed by atoms with E-state index in [2.05, 4.69) is 15.5 Å². The normalized spacial score (nSPS) is 10.4. The van der Waals surface area contributed by atoms with Crippen LogP contribution in [0, 0.1) is 0 Å². The van der Waals surface area contributed by atoms with Gasteiger partial charge in [0.15, 0.2) is 0 Å². The van der Waals surface area contributed by atoms with Crippen LogP contribution in [0.15, 0.2) is 53.1 Å². The maximum atomic E-state index is 12.0. The number of nitrogens with one attached hydrogen (secondary N) is 1. The standard InChI is InChI=1S/C21H23N3O5/c1-26-16-8-10-17(11-9-16)28-12-4-7-19(25)22-14-20-23-21(24-29-20)15-5-3-6-18(13-15)27-2/h3,5-6,8-11,13H,4,7,12,14H2,1-2H3,(H,22,25). The molecule has 0 fully saturated rings. The Bertz CT molecular complexity index is 924. The summed E-state index contributed by atoms with van der Waals surface area (Å²) >= 11 is 0. The lowest BCUT2D eigenvalue weighted by Gasteiger charge is -2.07. The fourth-order valence-electron chi connectivity index (χ4n) is 2.56. The molecule has 8 heteroatoms. The van der Waals surface area contributed by atoms with Gasteiger partial charge in [-0.25, -0.2) is 0 Å². The maximum Gasteiger partial charge on any atom is 0.246 e. The monoisotopic (exact) mass is 397 g/mol. The van der Waals surface area contributed by atoms with Crippen LogP contribution in [0.2, 0.25) is 0 Å². The SMILES string of the molecule is COc1ccc(OCCCC(=O)NCc2nc(-c3cccc(OC)c3)no2)cc1. The quantitative estimate of drug-likeness (QED) is 0.525. The molecule has 0 atom stereocenters. The highest BCUT2D eigenvalue weighted by molar-refractivity contribution is 5.75. The Morgan fingerprint density at radius 1 is 1.03 bits per heavy atom. The highest BCUT2D eigenvalue weighted by Crippen LogP contribution is 2.21. The van der Waals surface area contributed by atoms with Gasteiger partial charge in [0.1, 0.15) is 17.2 Å². The van der Waals surface area contributed by atoms with Gasteiger partial charge in [0.2, 0.25) is 17.6 Å². The summed E-state index contributed by atoms with van der Waals surface area (Å²) in [7, 11) is 3.21. The van der Waals surface area contributed by atoms with E-state index in [0.29, 0.717) is 36.9 Å². The van der Waals surface area contributed by atoms with Crippen molar-refractivity contribution in [3.63, 3.8) is 0 Å². The number of carbonyl (C=O) groups excluding carboxylic acids is 1. The highest BCUT2D eigenvalue weighted by atomic mass is 16.5. The van der Waals surface area contributed by atoms with Crippen molar-refractivity contribution in [3.05, 3.63) is 54.4 Å². The number of rotatable bonds is 10. The molecule has 0 aliphatic heterocycles. The molecule has 0 radical (unpaired) electrons. The van der Waals surface area contributed by atoms with E-state index in [1.54, 1.807) is 14.2 Å². The van der Waals surface area contributed by atoms with Crippen molar-refractivity contribution >= 4 is 5.91 Å². The van der Waals surface area contributed by atoms with Crippen molar-refractivity contribution in [1.29, 1.82) is 0 Å². The van der Waals surface area contributed by atoms with Gasteiger partial charge in [-0.05, 0) is 42.8 Å². The second-order valence-electron chi connectivity index (χ2n) is 6.15. The van der Waals surface area contributed by atoms with Crippen LogP contribution < -0.4 is 19.5 Å². The molecule has 0 unspecified atom stereocenters. The van der Waals surface area contributed by atoms with Crippen LogP contribution in [-0.2, 0) is 11.3 Å². The van der Waals surface area contributed by atoms with Crippen LogP contribution >= 0.6 is 0 Å². The molecule has 0 bridgehead atoms. The largest absolute Gasteiger partial charge is 0.497 e. The summed E-state index contributed by atoms with van der Waals surface area (Å²) in [6.45, 7) is 0.620. The average Bonchev–Trinajstić information content (AvgIpc) is 3.25. The summed E-state index contributed by atoms with van der Waals surface area (Å²) in [4.78, 5) is 16.3. The first-order chi connectivity index (χ1) is 14.2. The van der Waals surface area contributed by atoms with Gasteiger partial charge in [-0.2, -0.15) is 4.98 Å². The van der Waals surface area contributed by atoms with E-state index >= 15 is 0 Å². The molecule has 8 nitrogen and oxygen atoms in total. The Kier molecular flexibility index (Phi) is 7.05. The molecule has 29 heavy (non-hydrogen) atoms. The van der Waals surface area contributed by atoms with Gasteiger partial charge >= 0.3 is 0 Å². The van der Waals surface area contributed by atoms with Crippen molar-refractivity contribution in [2.75, 3.05) is 20.8 Å². The molecule has 1 amide bonds. The van der Waals surface area contributed by atoms with E-state index in [4.69, 9.17) is 18.7 Å². The minimum Gasteiger partial charge on any atom is -0.497 e. The molecule has 0 aliphatic carbocycles. The maximum absolute atomic E-state index is 12.0. The van der Waals surface area contributed by atoms with E-state index in [1.165, 1.54) is 0 Å². The minimum atomic E-state index is -0.107. The molecule has 0 saturated heterocycles. The minimum absolute atomic E-state index is 0.107. The predicted molar refractivity (Wildman–Crippen MR) is 106 cm³/mol. The number of hydrogen-bond donors (Lipinski definition) is 1. The molecule has 3 aromatic rings. The molecule has 0 spiro atoms. The third-order valence-corrected chi connectivity index (χ3v) is 4.11. The second kappa shape index (κ2) is 10.1. The first kappa shape index (κ1) is 20.2. The van der Waals surface area contributed by atoms with Crippen molar-refractivity contribution in [1.82, 2.24) is 15.5 Å². The topological polar surface area (TPSA) is 95.7 Å². The van der Waals surface area contributed by atoms with Crippen LogP contribution in [0.4, 0.5) is 0 Å². The van der Waals surface area contributed by atoms with Gasteiger partial charge in [0.25, 0.3) is 0 Å². The predicted octanol–water partition coefficient (Wildman–Crippen LogP) is 3.23. The summed E-state index contributed by atoms with van der Waals surface area (Å²) in [6.07, 6.45) is 0.934. The van der Waals surface area contributed by atoms with E-state index in [0.717, 1.165) is 17.1 Å². The van der Waals surface area contributed by atoms with Gasteiger partial charge < -0.3 is 24.1 Å². The van der Waals surface area contributed by atoms with Crippen LogP contribution in [0.25, 0.3) is 11.4 Å². The molecule has 2 aromatic carbocycles. The van der Waals surface area contributed by atoms with Gasteiger partial charge in [-0.1, -0.05) is 17.3 Å². The number of methoxy groups -OCH3 is 2. The fourth-order valence-corrected chi connectivity index (χ4v) is 2.56. The van der Waals surface area contributed by atoms with Crippen LogP contribution in [0.1, 0.15) is 18.7 Å². The summed E-state index contributed by atoms with van der Waals surface area (Å²) in [5.74, 6) is 2.89. The van der Waals surface area contributed by atoms with Crippen LogP contribution in [-0.4, -0.2) is 36.9 Å². The molecular formula is C21H23N3O5. The number of benzene rings is 2. The van der Waals surface area contributed by atoms with Crippen molar-refractivity contribution in [2.24, 2.45) is 0 Å². The Labute approximate surface area is 168 Å². The van der Waals surface area contributed by atoms with Crippen molar-refractivity contribution < 1.29 is 23.5 Å². The first-order valence-corrected chi connectivity index (χ1v) is 9.18. The number of nitrogens with zero attached hydrogens (tertiary/aromatic N) is 2. The van der Waals surface area contributed by atoms with E-state index in [1.807, 2.05) is 48.5 Å². The molecule has 0 aliphatic rings. The van der Waals surface area contributed by atoms with E-state index in [-0.39, 0.29) is 12.5 Å². The van der Waals surface area contributed by atoms with Crippen LogP contribution in [0.3, 0.4) is 0 Å². The Morgan fingerprint density at radius 3 is 2.55 bits per heavy atom. The number of carbonyl (C=O) groups is 1. The number of aromatic nitrogens is 2. The third-order valence-electron chi connectivity index (χ3n) is 4.11. The smallest absolute Gasteiger partial charge is 0.246 e. The highest BCUT2D eigenvalue weighted by Gasteiger charge is 2.10. The average molecular weight is 397 g/mol. The Hall–Kier alpha value is -3.55. The zero-order valence-electron chi connectivity index (χ0n) is 16.4. The molecule has 0 saturated carbocycles. The van der Waals surface area contributed by atoms with E-state index in [9.17, 15) is 4.79 Å². The summed E-state index contributed by atoms with van der Waals surface area (Å²) in [5.41, 5.74) is 0.779. The lowest BCUT2D eigenvalue weighted by Crippen LogP contribution is -2.23. The molecular weight excluding hydrogens is 374 g/mol. The van der Waals surface area contributed by atoms with Crippen molar-refractivity contribution in [3.8, 4) is 28.6 Å². The molecule has 1 N–H and O–H groups in total. The number of hydrogen-bond acceptors (Lipinski definition) is 7. The Balaban J connectivity index is 1.38. The summed E-state index contributed by atoms with van der Waals surface area (Å²) in [5, 5.41) is 6.71. The van der Waals surface area contributed by atoms with Crippen molar-refractivity contribution in [2.45, 2.75) is 19.4 Å². The molecule has 3 rings (SSSR count). The van der Waals surface area contributed by atoms with E-state index < -0.39 is 0 Å². The van der Waals surface area contributed by atoms with Gasteiger partial charge in [-0.3, -0.25) is 4.79 Å². The number of amides is 1. The first-order valence-electron chi connectivity index (χ1n) is 9.18. The van der Waals surface area contributed by atoms with Gasteiger partial charge in [-0.15, -0.1) is 0 Å².